The molecular formula is C7H4INO2S. The highest BCUT2D eigenvalue weighted by atomic mass is 127. The highest BCUT2D eigenvalue weighted by molar-refractivity contribution is 14.1. The minimum atomic E-state index is -3.37. The normalized spacial score (nSPS) is 17.8. The number of fused-ring (bicyclic) bond motifs is 1. The SMILES string of the molecule is O=S1(=O)N=Cc2cccc(I)c21. The standard InChI is InChI=1S/C7H4INO2S/c8-6-3-1-2-5-4-9-12(10,11)7(5)6/h1-4H. The van der Waals surface area contributed by atoms with E-state index in [-0.39, 0.29) is 0 Å². The van der Waals surface area contributed by atoms with E-state index in [2.05, 4.69) is 4.40 Å². The van der Waals surface area contributed by atoms with Crippen molar-refractivity contribution in [3.05, 3.63) is 27.3 Å². The van der Waals surface area contributed by atoms with Gasteiger partial charge in [-0.15, -0.1) is 0 Å². The monoisotopic (exact) mass is 293 g/mol. The van der Waals surface area contributed by atoms with Crippen LogP contribution in [0.3, 0.4) is 0 Å². The third-order valence-electron chi connectivity index (χ3n) is 1.59. The third kappa shape index (κ3) is 1.08. The van der Waals surface area contributed by atoms with Crippen LogP contribution < -0.4 is 0 Å². The molecule has 0 amide bonds. The molecule has 0 saturated heterocycles. The number of hydrogen-bond acceptors (Lipinski definition) is 2. The van der Waals surface area contributed by atoms with Gasteiger partial charge in [0.2, 0.25) is 0 Å². The summed E-state index contributed by atoms with van der Waals surface area (Å²) in [6, 6.07) is 5.31. The van der Waals surface area contributed by atoms with Crippen LogP contribution >= 0.6 is 22.6 Å². The molecule has 0 bridgehead atoms. The van der Waals surface area contributed by atoms with E-state index >= 15 is 0 Å². The third-order valence-corrected chi connectivity index (χ3v) is 4.21. The van der Waals surface area contributed by atoms with Gasteiger partial charge in [-0.05, 0) is 28.7 Å². The van der Waals surface area contributed by atoms with Crippen molar-refractivity contribution < 1.29 is 8.42 Å². The lowest BCUT2D eigenvalue weighted by atomic mass is 10.2. The van der Waals surface area contributed by atoms with Crippen LogP contribution in [0.1, 0.15) is 5.56 Å². The zero-order valence-corrected chi connectivity index (χ0v) is 8.83. The highest BCUT2D eigenvalue weighted by Gasteiger charge is 2.24. The van der Waals surface area contributed by atoms with Crippen molar-refractivity contribution in [1.82, 2.24) is 0 Å². The second-order valence-electron chi connectivity index (χ2n) is 2.37. The van der Waals surface area contributed by atoms with Crippen molar-refractivity contribution in [3.8, 4) is 0 Å². The predicted molar refractivity (Wildman–Crippen MR) is 53.9 cm³/mol. The molecule has 0 aromatic heterocycles. The maximum Gasteiger partial charge on any atom is 0.284 e. The van der Waals surface area contributed by atoms with Crippen molar-refractivity contribution in [2.75, 3.05) is 0 Å². The molecule has 0 N–H and O–H groups in total. The van der Waals surface area contributed by atoms with Gasteiger partial charge in [0.15, 0.2) is 0 Å². The molecule has 0 spiro atoms. The molecule has 1 aliphatic rings. The lowest BCUT2D eigenvalue weighted by Gasteiger charge is -1.97. The molecule has 0 saturated carbocycles. The van der Waals surface area contributed by atoms with E-state index < -0.39 is 10.0 Å². The minimum Gasteiger partial charge on any atom is -0.199 e. The Morgan fingerprint density at radius 3 is 2.75 bits per heavy atom. The fourth-order valence-electron chi connectivity index (χ4n) is 1.08. The number of benzene rings is 1. The second-order valence-corrected chi connectivity index (χ2v) is 5.10. The summed E-state index contributed by atoms with van der Waals surface area (Å²) in [7, 11) is -3.37. The Bertz CT molecular complexity index is 464. The largest absolute Gasteiger partial charge is 0.284 e. The topological polar surface area (TPSA) is 46.5 Å². The molecule has 62 valence electrons. The predicted octanol–water partition coefficient (Wildman–Crippen LogP) is 1.41. The van der Waals surface area contributed by atoms with Crippen LogP contribution in [0.5, 0.6) is 0 Å². The van der Waals surface area contributed by atoms with E-state index in [4.69, 9.17) is 0 Å². The molecule has 0 aliphatic carbocycles. The van der Waals surface area contributed by atoms with Crippen LogP contribution in [0, 0.1) is 3.57 Å². The first kappa shape index (κ1) is 8.18. The van der Waals surface area contributed by atoms with Crippen LogP contribution in [-0.4, -0.2) is 14.6 Å². The number of rotatable bonds is 0. The van der Waals surface area contributed by atoms with Crippen molar-refractivity contribution >= 4 is 38.8 Å². The molecule has 0 fully saturated rings. The first-order chi connectivity index (χ1) is 5.61. The van der Waals surface area contributed by atoms with Gasteiger partial charge >= 0.3 is 0 Å². The summed E-state index contributed by atoms with van der Waals surface area (Å²) in [6.07, 6.45) is 1.38. The fourth-order valence-corrected chi connectivity index (χ4v) is 3.52. The summed E-state index contributed by atoms with van der Waals surface area (Å²) in [4.78, 5) is 0.339. The molecule has 0 atom stereocenters. The number of halogens is 1. The van der Waals surface area contributed by atoms with E-state index in [1.54, 1.807) is 12.1 Å². The van der Waals surface area contributed by atoms with Gasteiger partial charge in [0, 0.05) is 15.3 Å². The number of nitrogens with zero attached hydrogens (tertiary/aromatic N) is 1. The zero-order valence-electron chi connectivity index (χ0n) is 5.86. The van der Waals surface area contributed by atoms with Crippen LogP contribution in [0.2, 0.25) is 0 Å². The number of hydrogen-bond donors (Lipinski definition) is 0. The molecule has 0 radical (unpaired) electrons. The first-order valence-corrected chi connectivity index (χ1v) is 5.72. The van der Waals surface area contributed by atoms with Gasteiger partial charge in [-0.25, -0.2) is 0 Å². The average Bonchev–Trinajstić information content (AvgIpc) is 2.29. The molecule has 1 aromatic carbocycles. The Hall–Kier alpha value is -0.430. The van der Waals surface area contributed by atoms with Crippen molar-refractivity contribution in [1.29, 1.82) is 0 Å². The van der Waals surface area contributed by atoms with Crippen molar-refractivity contribution in [2.45, 2.75) is 4.90 Å². The minimum absolute atomic E-state index is 0.339. The van der Waals surface area contributed by atoms with E-state index in [1.807, 2.05) is 28.7 Å². The highest BCUT2D eigenvalue weighted by Crippen LogP contribution is 2.27. The summed E-state index contributed by atoms with van der Waals surface area (Å²) >= 11 is 1.99. The zero-order chi connectivity index (χ0) is 8.77. The van der Waals surface area contributed by atoms with Gasteiger partial charge in [0.05, 0.1) is 0 Å². The van der Waals surface area contributed by atoms with Crippen LogP contribution in [-0.2, 0) is 10.0 Å². The molecule has 0 unspecified atom stereocenters. The molecule has 3 nitrogen and oxygen atoms in total. The summed E-state index contributed by atoms with van der Waals surface area (Å²) in [5.74, 6) is 0. The van der Waals surface area contributed by atoms with Crippen LogP contribution in [0.25, 0.3) is 0 Å². The molecule has 1 aromatic rings. The Balaban J connectivity index is 2.88. The summed E-state index contributed by atoms with van der Waals surface area (Å²) in [5, 5.41) is 0. The van der Waals surface area contributed by atoms with E-state index in [0.717, 1.165) is 3.57 Å². The van der Waals surface area contributed by atoms with Gasteiger partial charge in [0.25, 0.3) is 10.0 Å². The van der Waals surface area contributed by atoms with Crippen LogP contribution in [0.4, 0.5) is 0 Å². The van der Waals surface area contributed by atoms with Gasteiger partial charge in [0.1, 0.15) is 4.90 Å². The Morgan fingerprint density at radius 2 is 2.08 bits per heavy atom. The van der Waals surface area contributed by atoms with Crippen molar-refractivity contribution in [2.24, 2.45) is 4.40 Å². The quantitative estimate of drug-likeness (QED) is 0.679. The maximum absolute atomic E-state index is 11.3. The average molecular weight is 293 g/mol. The Morgan fingerprint density at radius 1 is 1.33 bits per heavy atom. The van der Waals surface area contributed by atoms with Crippen molar-refractivity contribution in [3.63, 3.8) is 0 Å². The first-order valence-electron chi connectivity index (χ1n) is 3.20. The lowest BCUT2D eigenvalue weighted by molar-refractivity contribution is 0.599. The van der Waals surface area contributed by atoms with E-state index in [9.17, 15) is 8.42 Å². The smallest absolute Gasteiger partial charge is 0.199 e. The Labute approximate surface area is 83.7 Å². The molecule has 5 heteroatoms. The Kier molecular flexibility index (Phi) is 1.72. The van der Waals surface area contributed by atoms with Gasteiger partial charge in [-0.3, -0.25) is 0 Å². The fraction of sp³-hybridized carbons (Fsp3) is 0. The van der Waals surface area contributed by atoms with Gasteiger partial charge in [-0.1, -0.05) is 12.1 Å². The maximum atomic E-state index is 11.3. The van der Waals surface area contributed by atoms with E-state index in [1.165, 1.54) is 6.21 Å². The summed E-state index contributed by atoms with van der Waals surface area (Å²) < 4.78 is 26.7. The molecule has 2 rings (SSSR count). The molecule has 1 heterocycles. The molecule has 12 heavy (non-hydrogen) atoms. The lowest BCUT2D eigenvalue weighted by Crippen LogP contribution is -1.96. The summed E-state index contributed by atoms with van der Waals surface area (Å²) in [6.45, 7) is 0. The second kappa shape index (κ2) is 2.53. The molecule has 1 aliphatic heterocycles. The van der Waals surface area contributed by atoms with Gasteiger partial charge in [-0.2, -0.15) is 12.8 Å². The van der Waals surface area contributed by atoms with Crippen LogP contribution in [0.15, 0.2) is 27.5 Å². The van der Waals surface area contributed by atoms with Gasteiger partial charge < -0.3 is 0 Å². The summed E-state index contributed by atoms with van der Waals surface area (Å²) in [5.41, 5.74) is 0.682. The number of sulfonamides is 1. The van der Waals surface area contributed by atoms with E-state index in [0.29, 0.717) is 10.5 Å². The molecular weight excluding hydrogens is 289 g/mol.